The molecule has 6 nitrogen and oxygen atoms in total. The quantitative estimate of drug-likeness (QED) is 0.0979. The lowest BCUT2D eigenvalue weighted by Gasteiger charge is -2.12. The first kappa shape index (κ1) is 87.8. The largest absolute Gasteiger partial charge is 0.309 e. The van der Waals surface area contributed by atoms with Gasteiger partial charge in [0, 0.05) is 98.8 Å². The fourth-order valence-corrected chi connectivity index (χ4v) is 23.5. The lowest BCUT2D eigenvalue weighted by atomic mass is 10.00. The molecule has 6 heteroatoms. The van der Waals surface area contributed by atoms with E-state index in [-0.39, 0.29) is 0 Å². The zero-order valence-electron chi connectivity index (χ0n) is 82.1. The Hall–Kier alpha value is -19.9. The average molecular weight is 1910 g/mol. The predicted octanol–water partition coefficient (Wildman–Crippen LogP) is 38.6. The molecule has 0 aliphatic carbocycles. The van der Waals surface area contributed by atoms with Gasteiger partial charge in [-0.3, -0.25) is 0 Å². The maximum Gasteiger partial charge on any atom is 0.0548 e. The van der Waals surface area contributed by atoms with Crippen LogP contribution in [0, 0.1) is 0 Å². The molecule has 0 amide bonds. The first-order valence-corrected chi connectivity index (χ1v) is 51.6. The van der Waals surface area contributed by atoms with E-state index >= 15 is 0 Å². The molecule has 0 unspecified atom stereocenters. The Morgan fingerprint density at radius 3 is 0.400 bits per heavy atom. The van der Waals surface area contributed by atoms with Crippen LogP contribution in [0.25, 0.3) is 265 Å². The van der Waals surface area contributed by atoms with E-state index in [0.717, 1.165) is 34.1 Å². The van der Waals surface area contributed by atoms with Crippen LogP contribution in [-0.2, 0) is 0 Å². The second-order valence-corrected chi connectivity index (χ2v) is 38.9. The summed E-state index contributed by atoms with van der Waals surface area (Å²) in [5.74, 6) is 0. The molecule has 0 aliphatic heterocycles. The molecular formula is C144H96N6. The molecule has 0 saturated heterocycles. The maximum absolute atomic E-state index is 2.44. The molecule has 24 aromatic carbocycles. The van der Waals surface area contributed by atoms with Gasteiger partial charge in [-0.15, -0.1) is 0 Å². The molecule has 30 rings (SSSR count). The van der Waals surface area contributed by atoms with Gasteiger partial charge >= 0.3 is 0 Å². The third-order valence-electron chi connectivity index (χ3n) is 30.4. The summed E-state index contributed by atoms with van der Waals surface area (Å²) in [7, 11) is 0. The van der Waals surface area contributed by atoms with Crippen molar-refractivity contribution in [2.24, 2.45) is 0 Å². The summed E-state index contributed by atoms with van der Waals surface area (Å²) in [4.78, 5) is 0. The van der Waals surface area contributed by atoms with Crippen LogP contribution in [-0.4, -0.2) is 27.4 Å². The first-order valence-electron chi connectivity index (χ1n) is 51.6. The monoisotopic (exact) mass is 1910 g/mol. The normalized spacial score (nSPS) is 11.6. The van der Waals surface area contributed by atoms with E-state index in [1.165, 1.54) is 231 Å². The number of para-hydroxylation sites is 6. The summed E-state index contributed by atoms with van der Waals surface area (Å²) in [5, 5.41) is 15.3. The lowest BCUT2D eigenvalue weighted by Crippen LogP contribution is -1.95. The fourth-order valence-electron chi connectivity index (χ4n) is 23.5. The van der Waals surface area contributed by atoms with Gasteiger partial charge in [0.2, 0.25) is 0 Å². The van der Waals surface area contributed by atoms with Crippen LogP contribution in [0.2, 0.25) is 0 Å². The SMILES string of the molecule is c1ccc(-c2ccc(-c3ccc(-n4c5ccccc5c5c6c7ccccc7n(-c7cccc(-c8ccccc8)c7)c6ccc54)cc3)cc2)cc1.c1ccc(-c2ccc(-c3cccc(-n4c5ccccc5c5c6c7ccccc7n(-c7ccc(-c8ccccc8)cc7)c6ccc54)c3)cc2)cc1.c1ccc(-c2ccc(-c3cccc(-n4c5ccccc5c5c6c7ccccc7n(-c7cccc(-c8ccccc8)c7)c6ccc54)c3)cc2)cc1. The minimum atomic E-state index is 1.15. The van der Waals surface area contributed by atoms with Gasteiger partial charge in [0.05, 0.1) is 66.2 Å². The predicted molar refractivity (Wildman–Crippen MR) is 634 cm³/mol. The molecule has 30 aromatic rings. The van der Waals surface area contributed by atoms with Crippen LogP contribution in [0.15, 0.2) is 582 Å². The van der Waals surface area contributed by atoms with E-state index in [4.69, 9.17) is 0 Å². The van der Waals surface area contributed by atoms with Gasteiger partial charge in [-0.05, 0) is 246 Å². The number of aromatic nitrogens is 6. The zero-order valence-corrected chi connectivity index (χ0v) is 82.1. The van der Waals surface area contributed by atoms with Crippen molar-refractivity contribution >= 4 is 131 Å². The first-order chi connectivity index (χ1) is 74.4. The van der Waals surface area contributed by atoms with Gasteiger partial charge in [-0.1, -0.05) is 437 Å². The highest BCUT2D eigenvalue weighted by molar-refractivity contribution is 6.32. The topological polar surface area (TPSA) is 29.6 Å². The van der Waals surface area contributed by atoms with Gasteiger partial charge in [0.15, 0.2) is 0 Å². The standard InChI is InChI=1S/3C48H32N2/c1-3-13-33(14-4-1)35-25-27-36(28-26-35)38-18-12-20-40(32-38)50-44-24-10-8-22-42(44)48-46(50)30-29-45-47(48)41-21-7-9-23-43(41)49(45)39-19-11-17-37(31-39)34-15-5-2-6-16-34;1-3-12-33(13-4-1)35-22-24-37(25-23-35)38-16-11-17-40(32-38)50-44-21-10-8-19-42(44)48-46(50)31-30-45-47(48)41-18-7-9-20-43(41)49(45)39-28-26-36(27-29-39)34-14-5-2-6-15-34;1-3-12-33(13-4-1)35-22-24-36(25-23-35)37-26-28-39(29-27-37)49-43-20-9-7-18-41(43)47-45(49)30-31-46-48(47)42-19-8-10-21-44(42)50(46)40-17-11-16-38(32-40)34-14-5-2-6-15-34/h3*1-32H. The fraction of sp³-hybridized carbons (Fsp3) is 0. The Labute approximate surface area is 868 Å². The summed E-state index contributed by atoms with van der Waals surface area (Å²) >= 11 is 0. The Morgan fingerprint density at radius 2 is 0.213 bits per heavy atom. The minimum Gasteiger partial charge on any atom is -0.309 e. The molecular weight excluding hydrogens is 1810 g/mol. The van der Waals surface area contributed by atoms with Crippen molar-refractivity contribution in [3.8, 4) is 134 Å². The van der Waals surface area contributed by atoms with Crippen LogP contribution in [0.4, 0.5) is 0 Å². The Balaban J connectivity index is 0.000000108. The van der Waals surface area contributed by atoms with Gasteiger partial charge in [0.1, 0.15) is 0 Å². The highest BCUT2D eigenvalue weighted by Crippen LogP contribution is 2.49. The van der Waals surface area contributed by atoms with Crippen LogP contribution in [0.3, 0.4) is 0 Å². The second kappa shape index (κ2) is 37.4. The molecule has 0 bridgehead atoms. The molecule has 6 heterocycles. The van der Waals surface area contributed by atoms with Crippen molar-refractivity contribution in [1.29, 1.82) is 0 Å². The van der Waals surface area contributed by atoms with Crippen molar-refractivity contribution in [2.75, 3.05) is 0 Å². The molecule has 0 fully saturated rings. The van der Waals surface area contributed by atoms with Crippen molar-refractivity contribution in [1.82, 2.24) is 27.4 Å². The minimum absolute atomic E-state index is 1.15. The van der Waals surface area contributed by atoms with Gasteiger partial charge < -0.3 is 27.4 Å². The molecule has 6 aromatic heterocycles. The van der Waals surface area contributed by atoms with Crippen molar-refractivity contribution in [3.63, 3.8) is 0 Å². The number of fused-ring (bicyclic) bond motifs is 21. The molecule has 0 atom stereocenters. The number of rotatable bonds is 15. The lowest BCUT2D eigenvalue weighted by molar-refractivity contribution is 1.17. The Morgan fingerprint density at radius 1 is 0.0800 bits per heavy atom. The van der Waals surface area contributed by atoms with E-state index in [1.54, 1.807) is 0 Å². The van der Waals surface area contributed by atoms with Crippen molar-refractivity contribution in [3.05, 3.63) is 582 Å². The van der Waals surface area contributed by atoms with E-state index < -0.39 is 0 Å². The zero-order chi connectivity index (χ0) is 99.1. The van der Waals surface area contributed by atoms with Crippen molar-refractivity contribution in [2.45, 2.75) is 0 Å². The summed E-state index contributed by atoms with van der Waals surface area (Å²) in [6, 6.07) is 211. The van der Waals surface area contributed by atoms with Crippen LogP contribution in [0.5, 0.6) is 0 Å². The molecule has 0 saturated carbocycles. The molecule has 0 N–H and O–H groups in total. The van der Waals surface area contributed by atoms with E-state index in [2.05, 4.69) is 610 Å². The highest BCUT2D eigenvalue weighted by Gasteiger charge is 2.27. The van der Waals surface area contributed by atoms with Crippen LogP contribution < -0.4 is 0 Å². The van der Waals surface area contributed by atoms with Gasteiger partial charge in [-0.25, -0.2) is 0 Å². The van der Waals surface area contributed by atoms with Gasteiger partial charge in [0.25, 0.3) is 0 Å². The van der Waals surface area contributed by atoms with Crippen LogP contribution in [0.1, 0.15) is 0 Å². The van der Waals surface area contributed by atoms with Gasteiger partial charge in [-0.2, -0.15) is 0 Å². The maximum atomic E-state index is 2.44. The summed E-state index contributed by atoms with van der Waals surface area (Å²) in [5.41, 5.74) is 43.3. The number of hydrogen-bond acceptors (Lipinski definition) is 0. The van der Waals surface area contributed by atoms with Crippen molar-refractivity contribution < 1.29 is 0 Å². The third-order valence-corrected chi connectivity index (χ3v) is 30.4. The van der Waals surface area contributed by atoms with Crippen LogP contribution >= 0.6 is 0 Å². The second-order valence-electron chi connectivity index (χ2n) is 38.9. The average Bonchev–Trinajstić information content (AvgIpc) is 1.55. The number of benzene rings is 24. The molecule has 702 valence electrons. The molecule has 0 radical (unpaired) electrons. The molecule has 150 heavy (non-hydrogen) atoms. The number of hydrogen-bond donors (Lipinski definition) is 0. The Bertz CT molecular complexity index is 10400. The molecule has 0 aliphatic rings. The molecule has 0 spiro atoms. The summed E-state index contributed by atoms with van der Waals surface area (Å²) in [6.45, 7) is 0. The smallest absolute Gasteiger partial charge is 0.0548 e. The van der Waals surface area contributed by atoms with E-state index in [1.807, 2.05) is 0 Å². The summed E-state index contributed by atoms with van der Waals surface area (Å²) < 4.78 is 14.6. The highest BCUT2D eigenvalue weighted by atomic mass is 15.0. The summed E-state index contributed by atoms with van der Waals surface area (Å²) in [6.07, 6.45) is 0. The third kappa shape index (κ3) is 15.4. The van der Waals surface area contributed by atoms with E-state index in [9.17, 15) is 0 Å². The Kier molecular flexibility index (Phi) is 21.9. The van der Waals surface area contributed by atoms with E-state index in [0.29, 0.717) is 0 Å². The number of nitrogens with zero attached hydrogens (tertiary/aromatic N) is 6.